The van der Waals surface area contributed by atoms with E-state index in [0.717, 1.165) is 11.0 Å². The van der Waals surface area contributed by atoms with E-state index in [-0.39, 0.29) is 5.56 Å². The van der Waals surface area contributed by atoms with Crippen molar-refractivity contribution in [2.75, 3.05) is 0 Å². The molecule has 0 radical (unpaired) electrons. The third-order valence-electron chi connectivity index (χ3n) is 3.04. The van der Waals surface area contributed by atoms with Crippen molar-refractivity contribution >= 4 is 11.0 Å². The molecule has 0 bridgehead atoms. The van der Waals surface area contributed by atoms with E-state index in [4.69, 9.17) is 0 Å². The molecule has 1 atom stereocenters. The summed E-state index contributed by atoms with van der Waals surface area (Å²) in [6.07, 6.45) is 0.666. The van der Waals surface area contributed by atoms with Crippen molar-refractivity contribution < 1.29 is 5.11 Å². The lowest BCUT2D eigenvalue weighted by Gasteiger charge is -2.10. The van der Waals surface area contributed by atoms with Crippen molar-refractivity contribution in [2.24, 2.45) is 0 Å². The molecule has 18 heavy (non-hydrogen) atoms. The molecule has 1 N–H and O–H groups in total. The minimum absolute atomic E-state index is 0.0446. The number of aliphatic hydroxyl groups excluding tert-OH is 1. The Labute approximate surface area is 106 Å². The standard InChI is InChI=1S/C14H18N2O2/c1-3-16-13-7-5-4-6-11(13)15-12(14(16)18)9-8-10(2)17/h4-7,10,17H,3,8-9H2,1-2H3. The second-order valence-electron chi connectivity index (χ2n) is 4.48. The van der Waals surface area contributed by atoms with Crippen LogP contribution in [0.1, 0.15) is 26.0 Å². The molecule has 0 aliphatic rings. The first-order valence-electron chi connectivity index (χ1n) is 6.30. The van der Waals surface area contributed by atoms with Crippen LogP contribution in [0.5, 0.6) is 0 Å². The zero-order valence-corrected chi connectivity index (χ0v) is 10.8. The molecule has 2 aromatic rings. The lowest BCUT2D eigenvalue weighted by molar-refractivity contribution is 0.184. The number of rotatable bonds is 4. The Kier molecular flexibility index (Phi) is 3.77. The average Bonchev–Trinajstić information content (AvgIpc) is 2.36. The Balaban J connectivity index is 2.54. The minimum Gasteiger partial charge on any atom is -0.393 e. The first-order chi connectivity index (χ1) is 8.63. The third-order valence-corrected chi connectivity index (χ3v) is 3.04. The molecule has 4 nitrogen and oxygen atoms in total. The monoisotopic (exact) mass is 246 g/mol. The summed E-state index contributed by atoms with van der Waals surface area (Å²) in [4.78, 5) is 16.7. The molecular formula is C14H18N2O2. The summed E-state index contributed by atoms with van der Waals surface area (Å²) >= 11 is 0. The van der Waals surface area contributed by atoms with E-state index < -0.39 is 6.10 Å². The molecule has 96 valence electrons. The van der Waals surface area contributed by atoms with Gasteiger partial charge in [-0.2, -0.15) is 0 Å². The second kappa shape index (κ2) is 5.31. The summed E-state index contributed by atoms with van der Waals surface area (Å²) in [7, 11) is 0. The lowest BCUT2D eigenvalue weighted by Crippen LogP contribution is -2.25. The fourth-order valence-electron chi connectivity index (χ4n) is 2.07. The maximum absolute atomic E-state index is 12.2. The third kappa shape index (κ3) is 2.43. The summed E-state index contributed by atoms with van der Waals surface area (Å²) in [6.45, 7) is 4.30. The SMILES string of the molecule is CCn1c(=O)c(CCC(C)O)nc2ccccc21. The number of hydrogen-bond acceptors (Lipinski definition) is 3. The number of nitrogens with zero attached hydrogens (tertiary/aromatic N) is 2. The molecule has 1 heterocycles. The Morgan fingerprint density at radius 2 is 2.11 bits per heavy atom. The molecular weight excluding hydrogens is 228 g/mol. The molecule has 1 unspecified atom stereocenters. The molecule has 0 aliphatic heterocycles. The van der Waals surface area contributed by atoms with Gasteiger partial charge in [0.2, 0.25) is 0 Å². The number of hydrogen-bond donors (Lipinski definition) is 1. The van der Waals surface area contributed by atoms with Gasteiger partial charge < -0.3 is 9.67 Å². The first kappa shape index (κ1) is 12.8. The van der Waals surface area contributed by atoms with Crippen LogP contribution in [0, 0.1) is 0 Å². The van der Waals surface area contributed by atoms with Gasteiger partial charge in [0.25, 0.3) is 5.56 Å². The number of fused-ring (bicyclic) bond motifs is 1. The topological polar surface area (TPSA) is 55.1 Å². The highest BCUT2D eigenvalue weighted by atomic mass is 16.3. The van der Waals surface area contributed by atoms with Crippen LogP contribution in [0.4, 0.5) is 0 Å². The average molecular weight is 246 g/mol. The maximum atomic E-state index is 12.2. The van der Waals surface area contributed by atoms with Gasteiger partial charge in [-0.3, -0.25) is 4.79 Å². The Hall–Kier alpha value is -1.68. The van der Waals surface area contributed by atoms with Gasteiger partial charge in [-0.25, -0.2) is 4.98 Å². The Bertz CT molecular complexity index is 602. The van der Waals surface area contributed by atoms with Gasteiger partial charge in [-0.1, -0.05) is 12.1 Å². The van der Waals surface area contributed by atoms with Crippen LogP contribution in [0.3, 0.4) is 0 Å². The van der Waals surface area contributed by atoms with Crippen LogP contribution in [-0.4, -0.2) is 20.8 Å². The summed E-state index contributed by atoms with van der Waals surface area (Å²) < 4.78 is 1.74. The van der Waals surface area contributed by atoms with Crippen LogP contribution < -0.4 is 5.56 Å². The summed E-state index contributed by atoms with van der Waals surface area (Å²) in [6, 6.07) is 7.64. The normalized spacial score (nSPS) is 12.8. The van der Waals surface area contributed by atoms with Crippen LogP contribution >= 0.6 is 0 Å². The van der Waals surface area contributed by atoms with E-state index >= 15 is 0 Å². The van der Waals surface area contributed by atoms with Crippen molar-refractivity contribution in [3.05, 3.63) is 40.3 Å². The van der Waals surface area contributed by atoms with Crippen molar-refractivity contribution in [1.82, 2.24) is 9.55 Å². The zero-order valence-electron chi connectivity index (χ0n) is 10.8. The molecule has 0 saturated heterocycles. The lowest BCUT2D eigenvalue weighted by atomic mass is 10.1. The number of benzene rings is 1. The van der Waals surface area contributed by atoms with Gasteiger partial charge in [0, 0.05) is 6.54 Å². The number of aromatic nitrogens is 2. The van der Waals surface area contributed by atoms with Gasteiger partial charge in [0.1, 0.15) is 5.69 Å². The van der Waals surface area contributed by atoms with Crippen LogP contribution in [0.2, 0.25) is 0 Å². The van der Waals surface area contributed by atoms with E-state index in [9.17, 15) is 9.90 Å². The summed E-state index contributed by atoms with van der Waals surface area (Å²) in [5, 5.41) is 9.31. The fourth-order valence-corrected chi connectivity index (χ4v) is 2.07. The number of para-hydroxylation sites is 2. The smallest absolute Gasteiger partial charge is 0.272 e. The highest BCUT2D eigenvalue weighted by Crippen LogP contribution is 2.10. The highest BCUT2D eigenvalue weighted by Gasteiger charge is 2.10. The molecule has 0 amide bonds. The molecule has 4 heteroatoms. The molecule has 2 rings (SSSR count). The van der Waals surface area contributed by atoms with Crippen molar-refractivity contribution in [3.8, 4) is 0 Å². The van der Waals surface area contributed by atoms with Gasteiger partial charge in [-0.05, 0) is 38.8 Å². The van der Waals surface area contributed by atoms with Crippen molar-refractivity contribution in [3.63, 3.8) is 0 Å². The number of aryl methyl sites for hydroxylation is 2. The van der Waals surface area contributed by atoms with Crippen LogP contribution in [-0.2, 0) is 13.0 Å². The van der Waals surface area contributed by atoms with E-state index in [0.29, 0.717) is 25.1 Å². The molecule has 0 fully saturated rings. The molecule has 0 saturated carbocycles. The van der Waals surface area contributed by atoms with E-state index in [2.05, 4.69) is 4.98 Å². The minimum atomic E-state index is -0.409. The quantitative estimate of drug-likeness (QED) is 0.893. The van der Waals surface area contributed by atoms with Crippen molar-refractivity contribution in [1.29, 1.82) is 0 Å². The van der Waals surface area contributed by atoms with Crippen LogP contribution in [0.15, 0.2) is 29.1 Å². The molecule has 1 aromatic heterocycles. The molecule has 0 aliphatic carbocycles. The van der Waals surface area contributed by atoms with E-state index in [1.54, 1.807) is 11.5 Å². The maximum Gasteiger partial charge on any atom is 0.272 e. The van der Waals surface area contributed by atoms with Gasteiger partial charge in [0.15, 0.2) is 0 Å². The summed E-state index contributed by atoms with van der Waals surface area (Å²) in [5.41, 5.74) is 2.19. The Morgan fingerprint density at radius 1 is 1.39 bits per heavy atom. The van der Waals surface area contributed by atoms with Gasteiger partial charge in [-0.15, -0.1) is 0 Å². The van der Waals surface area contributed by atoms with Gasteiger partial charge in [0.05, 0.1) is 17.1 Å². The Morgan fingerprint density at radius 3 is 2.78 bits per heavy atom. The van der Waals surface area contributed by atoms with Crippen molar-refractivity contribution in [2.45, 2.75) is 39.3 Å². The molecule has 1 aromatic carbocycles. The largest absolute Gasteiger partial charge is 0.393 e. The van der Waals surface area contributed by atoms with Gasteiger partial charge >= 0.3 is 0 Å². The zero-order chi connectivity index (χ0) is 13.1. The predicted octanol–water partition coefficient (Wildman–Crippen LogP) is 1.73. The van der Waals surface area contributed by atoms with Crippen LogP contribution in [0.25, 0.3) is 11.0 Å². The number of aliphatic hydroxyl groups is 1. The highest BCUT2D eigenvalue weighted by molar-refractivity contribution is 5.74. The molecule has 0 spiro atoms. The second-order valence-corrected chi connectivity index (χ2v) is 4.48. The fraction of sp³-hybridized carbons (Fsp3) is 0.429. The summed E-state index contributed by atoms with van der Waals surface area (Å²) in [5.74, 6) is 0. The first-order valence-corrected chi connectivity index (χ1v) is 6.30. The predicted molar refractivity (Wildman–Crippen MR) is 71.7 cm³/mol. The van der Waals surface area contributed by atoms with E-state index in [1.165, 1.54) is 0 Å². The van der Waals surface area contributed by atoms with E-state index in [1.807, 2.05) is 31.2 Å².